The second-order valence-electron chi connectivity index (χ2n) is 4.92. The molecular formula is C13H20ClN5. The molecule has 0 aliphatic carbocycles. The molecule has 1 aliphatic heterocycles. The predicted octanol–water partition coefficient (Wildman–Crippen LogP) is 1.33. The number of nitrogens with zero attached hydrogens (tertiary/aromatic N) is 4. The zero-order valence-corrected chi connectivity index (χ0v) is 11.9. The highest BCUT2D eigenvalue weighted by Gasteiger charge is 2.19. The molecule has 3 rings (SSSR count). The van der Waals surface area contributed by atoms with Crippen LogP contribution in [-0.4, -0.2) is 45.4 Å². The maximum absolute atomic E-state index is 4.38. The highest BCUT2D eigenvalue weighted by atomic mass is 35.5. The van der Waals surface area contributed by atoms with Crippen molar-refractivity contribution >= 4 is 18.1 Å². The van der Waals surface area contributed by atoms with Crippen LogP contribution < -0.4 is 5.32 Å². The first-order valence-corrected chi connectivity index (χ1v) is 6.52. The van der Waals surface area contributed by atoms with Gasteiger partial charge in [-0.05, 0) is 26.4 Å². The molecule has 0 radical (unpaired) electrons. The van der Waals surface area contributed by atoms with Gasteiger partial charge in [-0.3, -0.25) is 14.3 Å². The Morgan fingerprint density at radius 1 is 1.42 bits per heavy atom. The quantitative estimate of drug-likeness (QED) is 0.922. The van der Waals surface area contributed by atoms with Crippen LogP contribution in [0.2, 0.25) is 0 Å². The number of nitrogens with one attached hydrogen (secondary N) is 1. The lowest BCUT2D eigenvalue weighted by molar-refractivity contribution is 0.185. The average Bonchev–Trinajstić information content (AvgIpc) is 2.83. The van der Waals surface area contributed by atoms with E-state index >= 15 is 0 Å². The lowest BCUT2D eigenvalue weighted by Crippen LogP contribution is -2.44. The maximum atomic E-state index is 4.38. The molecule has 1 saturated heterocycles. The molecule has 1 fully saturated rings. The molecule has 1 unspecified atom stereocenters. The number of hydrogen-bond acceptors (Lipinski definition) is 4. The van der Waals surface area contributed by atoms with Crippen molar-refractivity contribution in [1.29, 1.82) is 0 Å². The van der Waals surface area contributed by atoms with Crippen LogP contribution in [0.15, 0.2) is 24.8 Å². The van der Waals surface area contributed by atoms with Crippen molar-refractivity contribution in [1.82, 2.24) is 24.6 Å². The summed E-state index contributed by atoms with van der Waals surface area (Å²) in [5.74, 6) is 0. The fourth-order valence-electron chi connectivity index (χ4n) is 2.68. The molecule has 104 valence electrons. The van der Waals surface area contributed by atoms with E-state index in [1.807, 2.05) is 25.6 Å². The van der Waals surface area contributed by atoms with Gasteiger partial charge in [0, 0.05) is 31.5 Å². The van der Waals surface area contributed by atoms with E-state index in [1.165, 1.54) is 25.1 Å². The highest BCUT2D eigenvalue weighted by Crippen LogP contribution is 2.14. The van der Waals surface area contributed by atoms with Crippen molar-refractivity contribution in [2.24, 2.45) is 0 Å². The number of halogens is 1. The second kappa shape index (κ2) is 6.32. The first kappa shape index (κ1) is 14.2. The van der Waals surface area contributed by atoms with Gasteiger partial charge in [0.25, 0.3) is 0 Å². The van der Waals surface area contributed by atoms with Crippen LogP contribution in [0.25, 0.3) is 5.65 Å². The summed E-state index contributed by atoms with van der Waals surface area (Å²) in [5.41, 5.74) is 2.17. The Kier molecular flexibility index (Phi) is 4.74. The van der Waals surface area contributed by atoms with Crippen molar-refractivity contribution in [2.75, 3.05) is 20.1 Å². The van der Waals surface area contributed by atoms with E-state index in [4.69, 9.17) is 0 Å². The van der Waals surface area contributed by atoms with Gasteiger partial charge in [-0.15, -0.1) is 12.4 Å². The summed E-state index contributed by atoms with van der Waals surface area (Å²) >= 11 is 0. The summed E-state index contributed by atoms with van der Waals surface area (Å²) in [6.07, 6.45) is 10.1. The standard InChI is InChI=1S/C13H19N5.ClH/c1-14-11-3-2-5-17(9-11)10-12-7-16-13-8-15-4-6-18(12)13;/h4,6-8,11,14H,2-3,5,9-10H2,1H3;1H. The lowest BCUT2D eigenvalue weighted by Gasteiger charge is -2.32. The smallest absolute Gasteiger partial charge is 0.155 e. The zero-order valence-electron chi connectivity index (χ0n) is 11.1. The number of likely N-dealkylation sites (tertiary alicyclic amines) is 1. The van der Waals surface area contributed by atoms with Crippen LogP contribution in [0.4, 0.5) is 0 Å². The summed E-state index contributed by atoms with van der Waals surface area (Å²) in [5, 5.41) is 3.38. The normalized spacial score (nSPS) is 20.4. The first-order valence-electron chi connectivity index (χ1n) is 6.52. The fraction of sp³-hybridized carbons (Fsp3) is 0.538. The average molecular weight is 282 g/mol. The van der Waals surface area contributed by atoms with Crippen LogP contribution in [0.5, 0.6) is 0 Å². The van der Waals surface area contributed by atoms with Gasteiger partial charge >= 0.3 is 0 Å². The van der Waals surface area contributed by atoms with Gasteiger partial charge in [0.2, 0.25) is 0 Å². The van der Waals surface area contributed by atoms with E-state index in [0.717, 1.165) is 18.7 Å². The van der Waals surface area contributed by atoms with Crippen LogP contribution in [0, 0.1) is 0 Å². The van der Waals surface area contributed by atoms with Crippen LogP contribution in [0.3, 0.4) is 0 Å². The Morgan fingerprint density at radius 3 is 3.16 bits per heavy atom. The van der Waals surface area contributed by atoms with E-state index in [0.29, 0.717) is 6.04 Å². The highest BCUT2D eigenvalue weighted by molar-refractivity contribution is 5.85. The summed E-state index contributed by atoms with van der Waals surface area (Å²) < 4.78 is 2.12. The molecule has 0 amide bonds. The summed E-state index contributed by atoms with van der Waals surface area (Å²) in [7, 11) is 2.05. The minimum Gasteiger partial charge on any atom is -0.316 e. The molecule has 19 heavy (non-hydrogen) atoms. The Balaban J connectivity index is 0.00000133. The molecule has 0 bridgehead atoms. The van der Waals surface area contributed by atoms with Gasteiger partial charge < -0.3 is 5.32 Å². The molecule has 0 spiro atoms. The van der Waals surface area contributed by atoms with Gasteiger partial charge in [0.15, 0.2) is 5.65 Å². The van der Waals surface area contributed by atoms with E-state index in [9.17, 15) is 0 Å². The van der Waals surface area contributed by atoms with Crippen molar-refractivity contribution in [3.05, 3.63) is 30.5 Å². The summed E-state index contributed by atoms with van der Waals surface area (Å²) in [6, 6.07) is 0.625. The van der Waals surface area contributed by atoms with Crippen LogP contribution >= 0.6 is 12.4 Å². The number of imidazole rings is 1. The van der Waals surface area contributed by atoms with Gasteiger partial charge in [-0.2, -0.15) is 0 Å². The van der Waals surface area contributed by atoms with Gasteiger partial charge in [0.05, 0.1) is 18.1 Å². The number of hydrogen-bond donors (Lipinski definition) is 1. The number of likely N-dealkylation sites (N-methyl/N-ethyl adjacent to an activating group) is 1. The monoisotopic (exact) mass is 281 g/mol. The number of piperidine rings is 1. The fourth-order valence-corrected chi connectivity index (χ4v) is 2.68. The minimum absolute atomic E-state index is 0. The van der Waals surface area contributed by atoms with E-state index < -0.39 is 0 Å². The Bertz CT molecular complexity index is 526. The molecule has 0 saturated carbocycles. The topological polar surface area (TPSA) is 45.5 Å². The van der Waals surface area contributed by atoms with E-state index in [-0.39, 0.29) is 12.4 Å². The maximum Gasteiger partial charge on any atom is 0.155 e. The molecule has 6 heteroatoms. The van der Waals surface area contributed by atoms with Gasteiger partial charge in [0.1, 0.15) is 0 Å². The van der Waals surface area contributed by atoms with Crippen LogP contribution in [0.1, 0.15) is 18.5 Å². The molecule has 2 aromatic heterocycles. The third kappa shape index (κ3) is 3.05. The Hall–Kier alpha value is -1.17. The third-order valence-corrected chi connectivity index (χ3v) is 3.69. The molecule has 0 aromatic carbocycles. The van der Waals surface area contributed by atoms with Gasteiger partial charge in [-0.1, -0.05) is 0 Å². The zero-order chi connectivity index (χ0) is 12.4. The molecule has 1 aliphatic rings. The van der Waals surface area contributed by atoms with Crippen molar-refractivity contribution in [2.45, 2.75) is 25.4 Å². The second-order valence-corrected chi connectivity index (χ2v) is 4.92. The van der Waals surface area contributed by atoms with Crippen LogP contribution in [-0.2, 0) is 6.54 Å². The van der Waals surface area contributed by atoms with Crippen molar-refractivity contribution in [3.8, 4) is 0 Å². The van der Waals surface area contributed by atoms with Crippen molar-refractivity contribution < 1.29 is 0 Å². The molecule has 3 heterocycles. The van der Waals surface area contributed by atoms with E-state index in [2.05, 4.69) is 24.6 Å². The number of fused-ring (bicyclic) bond motifs is 1. The largest absolute Gasteiger partial charge is 0.316 e. The number of rotatable bonds is 3. The Morgan fingerprint density at radius 2 is 2.32 bits per heavy atom. The molecule has 2 aromatic rings. The summed E-state index contributed by atoms with van der Waals surface area (Å²) in [4.78, 5) is 11.0. The molecule has 1 atom stereocenters. The number of aromatic nitrogens is 3. The summed E-state index contributed by atoms with van der Waals surface area (Å²) in [6.45, 7) is 3.26. The Labute approximate surface area is 119 Å². The molecule has 1 N–H and O–H groups in total. The van der Waals surface area contributed by atoms with Crippen molar-refractivity contribution in [3.63, 3.8) is 0 Å². The van der Waals surface area contributed by atoms with Gasteiger partial charge in [-0.25, -0.2) is 4.98 Å². The first-order chi connectivity index (χ1) is 8.86. The minimum atomic E-state index is 0. The molecule has 5 nitrogen and oxygen atoms in total. The predicted molar refractivity (Wildman–Crippen MR) is 77.6 cm³/mol. The lowest BCUT2D eigenvalue weighted by atomic mass is 10.1. The SMILES string of the molecule is CNC1CCCN(Cc2cnc3cnccn23)C1.Cl. The third-order valence-electron chi connectivity index (χ3n) is 3.69. The van der Waals surface area contributed by atoms with E-state index in [1.54, 1.807) is 6.20 Å². The molecular weight excluding hydrogens is 262 g/mol.